The summed E-state index contributed by atoms with van der Waals surface area (Å²) in [7, 11) is 0. The van der Waals surface area contributed by atoms with Crippen LogP contribution in [0.4, 0.5) is 0 Å². The molecule has 2 bridgehead atoms. The number of rotatable bonds is 4. The molecule has 4 rings (SSSR count). The third-order valence-electron chi connectivity index (χ3n) is 4.45. The number of nitrogens with zero attached hydrogens (tertiary/aromatic N) is 1. The summed E-state index contributed by atoms with van der Waals surface area (Å²) in [6, 6.07) is 11.4. The summed E-state index contributed by atoms with van der Waals surface area (Å²) in [6.45, 7) is 7.73. The SMILES string of the molecule is CC(C)(C)NC(=O)C[C@@H]1OC[C@@H]2C[C@H]1N2Cc1ccccc1. The van der Waals surface area contributed by atoms with Gasteiger partial charge in [0, 0.05) is 24.2 Å². The van der Waals surface area contributed by atoms with Crippen molar-refractivity contribution in [3.8, 4) is 0 Å². The van der Waals surface area contributed by atoms with Crippen LogP contribution in [0.5, 0.6) is 0 Å². The quantitative estimate of drug-likeness (QED) is 0.928. The van der Waals surface area contributed by atoms with Gasteiger partial charge in [-0.25, -0.2) is 0 Å². The van der Waals surface area contributed by atoms with Gasteiger partial charge in [0.15, 0.2) is 0 Å². The highest BCUT2D eigenvalue weighted by atomic mass is 16.5. The van der Waals surface area contributed by atoms with Gasteiger partial charge in [-0.3, -0.25) is 9.69 Å². The van der Waals surface area contributed by atoms with Crippen LogP contribution in [0.3, 0.4) is 0 Å². The topological polar surface area (TPSA) is 41.6 Å². The molecule has 0 spiro atoms. The van der Waals surface area contributed by atoms with E-state index in [1.165, 1.54) is 5.56 Å². The Kier molecular flexibility index (Phi) is 4.24. The lowest BCUT2D eigenvalue weighted by atomic mass is 9.84. The fraction of sp³-hybridized carbons (Fsp3) is 0.611. The Labute approximate surface area is 132 Å². The monoisotopic (exact) mass is 302 g/mol. The summed E-state index contributed by atoms with van der Waals surface area (Å²) in [5.74, 6) is 0.0857. The van der Waals surface area contributed by atoms with Gasteiger partial charge in [0.05, 0.1) is 19.1 Å². The van der Waals surface area contributed by atoms with E-state index in [-0.39, 0.29) is 17.6 Å². The van der Waals surface area contributed by atoms with Gasteiger partial charge in [0.25, 0.3) is 0 Å². The van der Waals surface area contributed by atoms with Gasteiger partial charge in [0.2, 0.25) is 5.91 Å². The number of carbonyl (C=O) groups is 1. The minimum absolute atomic E-state index is 0.0241. The molecule has 1 amide bonds. The summed E-state index contributed by atoms with van der Waals surface area (Å²) >= 11 is 0. The van der Waals surface area contributed by atoms with Gasteiger partial charge in [-0.2, -0.15) is 0 Å². The summed E-state index contributed by atoms with van der Waals surface area (Å²) in [5, 5.41) is 3.03. The summed E-state index contributed by atoms with van der Waals surface area (Å²) < 4.78 is 5.89. The third-order valence-corrected chi connectivity index (χ3v) is 4.45. The Morgan fingerprint density at radius 3 is 2.68 bits per heavy atom. The molecule has 4 nitrogen and oxygen atoms in total. The molecule has 3 aliphatic rings. The molecule has 3 fully saturated rings. The minimum Gasteiger partial charge on any atom is -0.374 e. The van der Waals surface area contributed by atoms with Crippen molar-refractivity contribution in [3.05, 3.63) is 35.9 Å². The van der Waals surface area contributed by atoms with Crippen LogP contribution in [0.2, 0.25) is 0 Å². The Morgan fingerprint density at radius 2 is 2.05 bits per heavy atom. The van der Waals surface area contributed by atoms with Crippen molar-refractivity contribution in [1.82, 2.24) is 10.2 Å². The Bertz CT molecular complexity index is 522. The van der Waals surface area contributed by atoms with Crippen molar-refractivity contribution in [1.29, 1.82) is 0 Å². The van der Waals surface area contributed by atoms with Gasteiger partial charge >= 0.3 is 0 Å². The lowest BCUT2D eigenvalue weighted by Gasteiger charge is -2.56. The molecule has 1 N–H and O–H groups in total. The van der Waals surface area contributed by atoms with Crippen molar-refractivity contribution < 1.29 is 9.53 Å². The van der Waals surface area contributed by atoms with Gasteiger partial charge in [-0.15, -0.1) is 0 Å². The number of carbonyl (C=O) groups excluding carboxylic acids is 1. The molecule has 1 aromatic carbocycles. The van der Waals surface area contributed by atoms with Crippen LogP contribution in [0.25, 0.3) is 0 Å². The van der Waals surface area contributed by atoms with Crippen LogP contribution in [-0.2, 0) is 16.1 Å². The summed E-state index contributed by atoms with van der Waals surface area (Å²) in [5.41, 5.74) is 1.15. The standard InChI is InChI=1S/C18H26N2O2/c1-18(2,3)19-17(21)10-16-15-9-14(12-22-16)20(15)11-13-7-5-4-6-8-13/h4-8,14-16H,9-12H2,1-3H3,(H,19,21)/t14-,15+,16-/m0/s1. The normalized spacial score (nSPS) is 28.0. The number of morpholine rings is 1. The molecule has 120 valence electrons. The number of ether oxygens (including phenoxy) is 1. The van der Waals surface area contributed by atoms with Crippen LogP contribution in [0.1, 0.15) is 39.2 Å². The number of hydrogen-bond acceptors (Lipinski definition) is 3. The number of amides is 1. The van der Waals surface area contributed by atoms with Gasteiger partial charge in [-0.05, 0) is 32.8 Å². The maximum atomic E-state index is 12.1. The van der Waals surface area contributed by atoms with Crippen molar-refractivity contribution in [2.75, 3.05) is 6.61 Å². The Morgan fingerprint density at radius 1 is 1.32 bits per heavy atom. The molecular formula is C18H26N2O2. The van der Waals surface area contributed by atoms with Gasteiger partial charge < -0.3 is 10.1 Å². The first-order valence-electron chi connectivity index (χ1n) is 8.15. The lowest BCUT2D eigenvalue weighted by Crippen LogP contribution is -2.67. The highest BCUT2D eigenvalue weighted by Crippen LogP contribution is 2.37. The molecule has 0 aromatic heterocycles. The second-order valence-electron chi connectivity index (χ2n) is 7.49. The van der Waals surface area contributed by atoms with E-state index >= 15 is 0 Å². The highest BCUT2D eigenvalue weighted by Gasteiger charge is 2.48. The van der Waals surface area contributed by atoms with Crippen molar-refractivity contribution in [2.45, 2.75) is 63.9 Å². The number of hydrogen-bond donors (Lipinski definition) is 1. The zero-order chi connectivity index (χ0) is 15.7. The number of nitrogens with one attached hydrogen (secondary N) is 1. The molecule has 4 heteroatoms. The van der Waals surface area contributed by atoms with Crippen molar-refractivity contribution in [3.63, 3.8) is 0 Å². The second kappa shape index (κ2) is 6.01. The molecule has 0 radical (unpaired) electrons. The van der Waals surface area contributed by atoms with Crippen LogP contribution in [-0.4, -0.2) is 41.1 Å². The molecule has 0 aliphatic carbocycles. The molecule has 3 atom stereocenters. The maximum absolute atomic E-state index is 12.1. The van der Waals surface area contributed by atoms with Crippen LogP contribution >= 0.6 is 0 Å². The molecule has 3 saturated heterocycles. The first kappa shape index (κ1) is 15.5. The van der Waals surface area contributed by atoms with E-state index in [1.54, 1.807) is 0 Å². The zero-order valence-electron chi connectivity index (χ0n) is 13.7. The molecule has 0 saturated carbocycles. The van der Waals surface area contributed by atoms with Gasteiger partial charge in [-0.1, -0.05) is 30.3 Å². The smallest absolute Gasteiger partial charge is 0.223 e. The molecular weight excluding hydrogens is 276 g/mol. The van der Waals surface area contributed by atoms with E-state index < -0.39 is 0 Å². The highest BCUT2D eigenvalue weighted by molar-refractivity contribution is 5.77. The molecule has 3 aliphatic heterocycles. The maximum Gasteiger partial charge on any atom is 0.223 e. The van der Waals surface area contributed by atoms with E-state index in [1.807, 2.05) is 26.8 Å². The first-order chi connectivity index (χ1) is 10.4. The zero-order valence-corrected chi connectivity index (χ0v) is 13.7. The average Bonchev–Trinajstić information content (AvgIpc) is 2.43. The fourth-order valence-electron chi connectivity index (χ4n) is 3.44. The third kappa shape index (κ3) is 3.50. The van der Waals surface area contributed by atoms with Crippen LogP contribution in [0.15, 0.2) is 30.3 Å². The van der Waals surface area contributed by atoms with E-state index in [4.69, 9.17) is 4.74 Å². The number of benzene rings is 1. The fourth-order valence-corrected chi connectivity index (χ4v) is 3.44. The van der Waals surface area contributed by atoms with Crippen molar-refractivity contribution in [2.24, 2.45) is 0 Å². The summed E-state index contributed by atoms with van der Waals surface area (Å²) in [4.78, 5) is 14.6. The van der Waals surface area contributed by atoms with E-state index in [2.05, 4.69) is 34.5 Å². The van der Waals surface area contributed by atoms with E-state index in [0.29, 0.717) is 18.5 Å². The molecule has 3 heterocycles. The predicted molar refractivity (Wildman–Crippen MR) is 86.4 cm³/mol. The molecule has 22 heavy (non-hydrogen) atoms. The molecule has 0 unspecified atom stereocenters. The number of fused-ring (bicyclic) bond motifs is 2. The Hall–Kier alpha value is -1.39. The predicted octanol–water partition coefficient (Wildman–Crippen LogP) is 2.33. The largest absolute Gasteiger partial charge is 0.374 e. The minimum atomic E-state index is -0.183. The summed E-state index contributed by atoms with van der Waals surface area (Å²) in [6.07, 6.45) is 1.64. The van der Waals surface area contributed by atoms with Crippen LogP contribution < -0.4 is 5.32 Å². The lowest BCUT2D eigenvalue weighted by molar-refractivity contribution is -0.181. The first-order valence-corrected chi connectivity index (χ1v) is 8.15. The van der Waals surface area contributed by atoms with Crippen molar-refractivity contribution >= 4 is 5.91 Å². The average molecular weight is 302 g/mol. The Balaban J connectivity index is 1.58. The van der Waals surface area contributed by atoms with Gasteiger partial charge in [0.1, 0.15) is 0 Å². The second-order valence-corrected chi connectivity index (χ2v) is 7.49. The van der Waals surface area contributed by atoms with Crippen LogP contribution in [0, 0.1) is 0 Å². The van der Waals surface area contributed by atoms with E-state index in [9.17, 15) is 4.79 Å². The molecule has 1 aromatic rings. The van der Waals surface area contributed by atoms with E-state index in [0.717, 1.165) is 19.6 Å².